The molecule has 3 aromatic rings. The van der Waals surface area contributed by atoms with Crippen molar-refractivity contribution in [3.63, 3.8) is 0 Å². The van der Waals surface area contributed by atoms with Gasteiger partial charge in [-0.25, -0.2) is 0 Å². The number of rotatable bonds is 2. The number of fused-ring (bicyclic) bond motifs is 1. The molecule has 0 aliphatic rings. The number of nitrogens with one attached hydrogen (secondary N) is 1. The predicted molar refractivity (Wildman–Crippen MR) is 92.8 cm³/mol. The fraction of sp³-hybridized carbons (Fsp3) is 0. The van der Waals surface area contributed by atoms with Gasteiger partial charge in [-0.05, 0) is 35.7 Å². The maximum Gasteiger partial charge on any atom is 0.256 e. The van der Waals surface area contributed by atoms with Crippen LogP contribution in [-0.2, 0) is 0 Å². The van der Waals surface area contributed by atoms with Crippen molar-refractivity contribution in [2.75, 3.05) is 11.1 Å². The molecular formula is C17H12Cl2N2O. The average molecular weight is 331 g/mol. The van der Waals surface area contributed by atoms with Crippen molar-refractivity contribution in [1.29, 1.82) is 0 Å². The van der Waals surface area contributed by atoms with E-state index in [0.717, 1.165) is 10.8 Å². The molecule has 0 unspecified atom stereocenters. The number of hydrogen-bond acceptors (Lipinski definition) is 2. The fourth-order valence-corrected chi connectivity index (χ4v) is 2.77. The molecule has 1 amide bonds. The van der Waals surface area contributed by atoms with Crippen molar-refractivity contribution in [2.45, 2.75) is 0 Å². The third-order valence-electron chi connectivity index (χ3n) is 3.35. The minimum Gasteiger partial charge on any atom is -0.399 e. The van der Waals surface area contributed by atoms with Crippen LogP contribution in [0.1, 0.15) is 10.4 Å². The number of amides is 1. The van der Waals surface area contributed by atoms with Gasteiger partial charge in [0.1, 0.15) is 0 Å². The number of carbonyl (C=O) groups excluding carboxylic acids is 1. The van der Waals surface area contributed by atoms with Crippen molar-refractivity contribution >= 4 is 51.3 Å². The Morgan fingerprint density at radius 1 is 0.909 bits per heavy atom. The van der Waals surface area contributed by atoms with Crippen LogP contribution in [0.3, 0.4) is 0 Å². The van der Waals surface area contributed by atoms with Crippen LogP contribution in [-0.4, -0.2) is 5.91 Å². The number of anilines is 2. The fourth-order valence-electron chi connectivity index (χ4n) is 2.29. The molecule has 0 fully saturated rings. The van der Waals surface area contributed by atoms with Gasteiger partial charge in [-0.1, -0.05) is 47.5 Å². The Bertz CT molecular complexity index is 878. The lowest BCUT2D eigenvalue weighted by atomic mass is 10.0. The number of benzene rings is 3. The highest BCUT2D eigenvalue weighted by Crippen LogP contribution is 2.28. The molecule has 22 heavy (non-hydrogen) atoms. The van der Waals surface area contributed by atoms with E-state index in [-0.39, 0.29) is 5.91 Å². The minimum absolute atomic E-state index is 0.250. The molecule has 3 rings (SSSR count). The molecule has 0 saturated heterocycles. The van der Waals surface area contributed by atoms with Gasteiger partial charge in [-0.3, -0.25) is 4.79 Å². The lowest BCUT2D eigenvalue weighted by Crippen LogP contribution is -2.12. The van der Waals surface area contributed by atoms with Gasteiger partial charge in [0.05, 0.1) is 10.7 Å². The van der Waals surface area contributed by atoms with Gasteiger partial charge < -0.3 is 11.1 Å². The van der Waals surface area contributed by atoms with Gasteiger partial charge in [0.15, 0.2) is 0 Å². The van der Waals surface area contributed by atoms with Crippen molar-refractivity contribution in [3.05, 3.63) is 70.2 Å². The first-order valence-electron chi connectivity index (χ1n) is 6.60. The van der Waals surface area contributed by atoms with E-state index in [1.54, 1.807) is 36.4 Å². The van der Waals surface area contributed by atoms with E-state index in [2.05, 4.69) is 5.32 Å². The third kappa shape index (κ3) is 2.73. The average Bonchev–Trinajstić information content (AvgIpc) is 2.50. The van der Waals surface area contributed by atoms with Crippen LogP contribution < -0.4 is 11.1 Å². The molecule has 3 nitrogen and oxygen atoms in total. The number of nitrogen functional groups attached to an aromatic ring is 1. The van der Waals surface area contributed by atoms with Crippen molar-refractivity contribution in [3.8, 4) is 0 Å². The highest BCUT2D eigenvalue weighted by molar-refractivity contribution is 6.36. The first-order chi connectivity index (χ1) is 10.6. The summed E-state index contributed by atoms with van der Waals surface area (Å²) in [4.78, 5) is 12.5. The number of hydrogen-bond donors (Lipinski definition) is 2. The summed E-state index contributed by atoms with van der Waals surface area (Å²) >= 11 is 12.3. The maximum absolute atomic E-state index is 12.5. The van der Waals surface area contributed by atoms with Gasteiger partial charge in [0.2, 0.25) is 0 Å². The monoisotopic (exact) mass is 330 g/mol. The summed E-state index contributed by atoms with van der Waals surface area (Å²) in [5.41, 5.74) is 7.24. The van der Waals surface area contributed by atoms with E-state index in [4.69, 9.17) is 28.9 Å². The number of nitrogens with two attached hydrogens (primary N) is 1. The van der Waals surface area contributed by atoms with E-state index in [0.29, 0.717) is 27.0 Å². The van der Waals surface area contributed by atoms with Crippen LogP contribution in [0.5, 0.6) is 0 Å². The molecule has 5 heteroatoms. The molecular weight excluding hydrogens is 319 g/mol. The quantitative estimate of drug-likeness (QED) is 0.651. The Balaban J connectivity index is 2.01. The Hall–Kier alpha value is -2.23. The molecule has 0 atom stereocenters. The zero-order valence-electron chi connectivity index (χ0n) is 11.4. The van der Waals surface area contributed by atoms with Crippen LogP contribution in [0.25, 0.3) is 10.8 Å². The second-order valence-electron chi connectivity index (χ2n) is 4.83. The summed E-state index contributed by atoms with van der Waals surface area (Å²) in [7, 11) is 0. The first kappa shape index (κ1) is 14.7. The second kappa shape index (κ2) is 5.87. The van der Waals surface area contributed by atoms with Gasteiger partial charge in [0.25, 0.3) is 5.91 Å². The van der Waals surface area contributed by atoms with Crippen LogP contribution in [0, 0.1) is 0 Å². The van der Waals surface area contributed by atoms with E-state index >= 15 is 0 Å². The molecule has 3 N–H and O–H groups in total. The van der Waals surface area contributed by atoms with E-state index in [1.807, 2.05) is 18.2 Å². The highest BCUT2D eigenvalue weighted by Gasteiger charge is 2.12. The molecule has 0 radical (unpaired) electrons. The molecule has 0 heterocycles. The Morgan fingerprint density at radius 3 is 2.41 bits per heavy atom. The summed E-state index contributed by atoms with van der Waals surface area (Å²) in [5.74, 6) is -0.250. The second-order valence-corrected chi connectivity index (χ2v) is 5.65. The third-order valence-corrected chi connectivity index (χ3v) is 4.00. The molecule has 3 aromatic carbocycles. The standard InChI is InChI=1S/C17H12Cl2N2O/c18-14-6-2-3-11-12(14)4-1-5-13(11)17(22)21-16-8-7-10(20)9-15(16)19/h1-9H,20H2,(H,21,22). The predicted octanol–water partition coefficient (Wildman–Crippen LogP) is 4.98. The summed E-state index contributed by atoms with van der Waals surface area (Å²) in [6.45, 7) is 0. The summed E-state index contributed by atoms with van der Waals surface area (Å²) in [6.07, 6.45) is 0. The van der Waals surface area contributed by atoms with E-state index in [9.17, 15) is 4.79 Å². The van der Waals surface area contributed by atoms with E-state index < -0.39 is 0 Å². The van der Waals surface area contributed by atoms with Gasteiger partial charge >= 0.3 is 0 Å². The molecule has 0 aliphatic carbocycles. The van der Waals surface area contributed by atoms with Gasteiger partial charge in [0, 0.05) is 21.7 Å². The first-order valence-corrected chi connectivity index (χ1v) is 7.35. The maximum atomic E-state index is 12.5. The van der Waals surface area contributed by atoms with Crippen molar-refractivity contribution in [2.24, 2.45) is 0 Å². The number of carbonyl (C=O) groups is 1. The molecule has 0 spiro atoms. The lowest BCUT2D eigenvalue weighted by Gasteiger charge is -2.10. The Kier molecular flexibility index (Phi) is 3.92. The van der Waals surface area contributed by atoms with Crippen LogP contribution >= 0.6 is 23.2 Å². The van der Waals surface area contributed by atoms with E-state index in [1.165, 1.54) is 0 Å². The Morgan fingerprint density at radius 2 is 1.64 bits per heavy atom. The Labute approximate surface area is 137 Å². The van der Waals surface area contributed by atoms with Gasteiger partial charge in [-0.15, -0.1) is 0 Å². The summed E-state index contributed by atoms with van der Waals surface area (Å²) < 4.78 is 0. The van der Waals surface area contributed by atoms with Gasteiger partial charge in [-0.2, -0.15) is 0 Å². The SMILES string of the molecule is Nc1ccc(NC(=O)c2cccc3c(Cl)cccc23)c(Cl)c1. The normalized spacial score (nSPS) is 10.6. The summed E-state index contributed by atoms with van der Waals surface area (Å²) in [6, 6.07) is 15.9. The molecule has 0 saturated carbocycles. The topological polar surface area (TPSA) is 55.1 Å². The van der Waals surface area contributed by atoms with Crippen molar-refractivity contribution < 1.29 is 4.79 Å². The largest absolute Gasteiger partial charge is 0.399 e. The smallest absolute Gasteiger partial charge is 0.256 e. The number of halogens is 2. The van der Waals surface area contributed by atoms with Crippen molar-refractivity contribution in [1.82, 2.24) is 0 Å². The molecule has 0 aromatic heterocycles. The van der Waals surface area contributed by atoms with Crippen LogP contribution in [0.15, 0.2) is 54.6 Å². The molecule has 0 bridgehead atoms. The zero-order valence-corrected chi connectivity index (χ0v) is 12.9. The summed E-state index contributed by atoms with van der Waals surface area (Å²) in [5, 5.41) is 5.42. The van der Waals surface area contributed by atoms with Crippen LogP contribution in [0.4, 0.5) is 11.4 Å². The minimum atomic E-state index is -0.250. The zero-order chi connectivity index (χ0) is 15.7. The highest BCUT2D eigenvalue weighted by atomic mass is 35.5. The molecule has 110 valence electrons. The lowest BCUT2D eigenvalue weighted by molar-refractivity contribution is 0.102. The molecule has 0 aliphatic heterocycles. The van der Waals surface area contributed by atoms with Crippen LogP contribution in [0.2, 0.25) is 10.0 Å².